The monoisotopic (exact) mass is 431 g/mol. The van der Waals surface area contributed by atoms with Crippen molar-refractivity contribution >= 4 is 21.8 Å². The second kappa shape index (κ2) is 9.17. The van der Waals surface area contributed by atoms with Crippen LogP contribution in [-0.2, 0) is 19.6 Å². The van der Waals surface area contributed by atoms with Crippen molar-refractivity contribution in [1.82, 2.24) is 14.5 Å². The third kappa shape index (κ3) is 5.96. The summed E-state index contributed by atoms with van der Waals surface area (Å²) in [6, 6.07) is 2.30. The first kappa shape index (κ1) is 23.2. The first-order chi connectivity index (χ1) is 13.4. The summed E-state index contributed by atoms with van der Waals surface area (Å²) in [6.07, 6.45) is 0.712. The maximum atomic E-state index is 13.9. The van der Waals surface area contributed by atoms with E-state index in [1.54, 1.807) is 25.7 Å². The molecule has 1 aliphatic heterocycles. The van der Waals surface area contributed by atoms with Crippen LogP contribution in [0.3, 0.4) is 0 Å². The summed E-state index contributed by atoms with van der Waals surface area (Å²) < 4.78 is 53.4. The van der Waals surface area contributed by atoms with Gasteiger partial charge in [0.05, 0.1) is 0 Å². The van der Waals surface area contributed by atoms with Crippen molar-refractivity contribution < 1.29 is 26.8 Å². The summed E-state index contributed by atoms with van der Waals surface area (Å²) in [5.74, 6) is -2.07. The fraction of sp³-hybridized carbons (Fsp3) is 0.579. The predicted octanol–water partition coefficient (Wildman–Crippen LogP) is 1.74. The SMILES string of the molecule is CC(C)(C)C(=O)NCCCC(=O)N1CCN(S(=O)(=O)c2cc(F)ccc2F)CC1. The van der Waals surface area contributed by atoms with Crippen molar-refractivity contribution in [3.05, 3.63) is 29.8 Å². The molecule has 0 saturated carbocycles. The number of piperazine rings is 1. The lowest BCUT2D eigenvalue weighted by Gasteiger charge is -2.34. The molecule has 0 spiro atoms. The number of sulfonamides is 1. The van der Waals surface area contributed by atoms with Crippen LogP contribution in [0.5, 0.6) is 0 Å². The van der Waals surface area contributed by atoms with E-state index in [9.17, 15) is 26.8 Å². The first-order valence-electron chi connectivity index (χ1n) is 9.44. The Bertz CT molecular complexity index is 861. The van der Waals surface area contributed by atoms with Gasteiger partial charge in [-0.05, 0) is 24.6 Å². The van der Waals surface area contributed by atoms with Crippen LogP contribution in [0, 0.1) is 17.0 Å². The number of carbonyl (C=O) groups is 2. The van der Waals surface area contributed by atoms with Gasteiger partial charge < -0.3 is 10.2 Å². The zero-order chi connectivity index (χ0) is 21.8. The highest BCUT2D eigenvalue weighted by molar-refractivity contribution is 7.89. The van der Waals surface area contributed by atoms with Gasteiger partial charge in [0, 0.05) is 44.6 Å². The number of rotatable bonds is 6. The van der Waals surface area contributed by atoms with E-state index < -0.39 is 32.0 Å². The zero-order valence-corrected chi connectivity index (χ0v) is 17.7. The molecule has 0 atom stereocenters. The molecule has 1 aromatic rings. The van der Waals surface area contributed by atoms with E-state index in [1.165, 1.54) is 0 Å². The highest BCUT2D eigenvalue weighted by Gasteiger charge is 2.32. The van der Waals surface area contributed by atoms with Gasteiger partial charge in [-0.2, -0.15) is 4.31 Å². The van der Waals surface area contributed by atoms with E-state index in [1.807, 2.05) is 0 Å². The molecule has 7 nitrogen and oxygen atoms in total. The Hall–Kier alpha value is -2.07. The van der Waals surface area contributed by atoms with Crippen molar-refractivity contribution in [2.75, 3.05) is 32.7 Å². The molecule has 2 rings (SSSR count). The molecule has 0 aromatic heterocycles. The molecular weight excluding hydrogens is 404 g/mol. The molecule has 1 aromatic carbocycles. The zero-order valence-electron chi connectivity index (χ0n) is 16.9. The average molecular weight is 432 g/mol. The molecule has 0 unspecified atom stereocenters. The number of benzene rings is 1. The lowest BCUT2D eigenvalue weighted by Crippen LogP contribution is -2.50. The molecular formula is C19H27F2N3O4S. The average Bonchev–Trinajstić information content (AvgIpc) is 2.66. The fourth-order valence-corrected chi connectivity index (χ4v) is 4.35. The van der Waals surface area contributed by atoms with Crippen LogP contribution >= 0.6 is 0 Å². The van der Waals surface area contributed by atoms with Gasteiger partial charge in [0.1, 0.15) is 16.5 Å². The number of nitrogens with one attached hydrogen (secondary N) is 1. The maximum absolute atomic E-state index is 13.9. The predicted molar refractivity (Wildman–Crippen MR) is 103 cm³/mol. The molecule has 2 amide bonds. The summed E-state index contributed by atoms with van der Waals surface area (Å²) in [4.78, 5) is 24.9. The Kier molecular flexibility index (Phi) is 7.34. The van der Waals surface area contributed by atoms with Crippen molar-refractivity contribution in [3.63, 3.8) is 0 Å². The van der Waals surface area contributed by atoms with Gasteiger partial charge in [-0.15, -0.1) is 0 Å². The van der Waals surface area contributed by atoms with Crippen LogP contribution in [0.15, 0.2) is 23.1 Å². The van der Waals surface area contributed by atoms with Crippen LogP contribution in [-0.4, -0.2) is 62.2 Å². The van der Waals surface area contributed by atoms with Gasteiger partial charge >= 0.3 is 0 Å². The first-order valence-corrected chi connectivity index (χ1v) is 10.9. The molecule has 0 aliphatic carbocycles. The van der Waals surface area contributed by atoms with Crippen molar-refractivity contribution in [2.24, 2.45) is 5.41 Å². The second-order valence-electron chi connectivity index (χ2n) is 7.97. The van der Waals surface area contributed by atoms with E-state index in [0.29, 0.717) is 19.0 Å². The molecule has 1 fully saturated rings. The van der Waals surface area contributed by atoms with E-state index >= 15 is 0 Å². The largest absolute Gasteiger partial charge is 0.356 e. The summed E-state index contributed by atoms with van der Waals surface area (Å²) >= 11 is 0. The third-order valence-electron chi connectivity index (χ3n) is 4.64. The Balaban J connectivity index is 1.84. The smallest absolute Gasteiger partial charge is 0.246 e. The summed E-state index contributed by atoms with van der Waals surface area (Å²) in [7, 11) is -4.18. The Morgan fingerprint density at radius 3 is 2.31 bits per heavy atom. The van der Waals surface area contributed by atoms with Gasteiger partial charge in [0.15, 0.2) is 0 Å². The van der Waals surface area contributed by atoms with Gasteiger partial charge in [-0.1, -0.05) is 20.8 Å². The summed E-state index contributed by atoms with van der Waals surface area (Å²) in [6.45, 7) is 6.14. The summed E-state index contributed by atoms with van der Waals surface area (Å²) in [5, 5.41) is 2.77. The molecule has 162 valence electrons. The molecule has 29 heavy (non-hydrogen) atoms. The van der Waals surface area contributed by atoms with Crippen molar-refractivity contribution in [3.8, 4) is 0 Å². The van der Waals surface area contributed by atoms with Gasteiger partial charge in [-0.25, -0.2) is 17.2 Å². The topological polar surface area (TPSA) is 86.8 Å². The lowest BCUT2D eigenvalue weighted by atomic mass is 9.96. The maximum Gasteiger partial charge on any atom is 0.246 e. The minimum Gasteiger partial charge on any atom is -0.356 e. The Labute approximate surface area is 170 Å². The van der Waals surface area contributed by atoms with Crippen LogP contribution < -0.4 is 5.32 Å². The van der Waals surface area contributed by atoms with Crippen LogP contribution in [0.1, 0.15) is 33.6 Å². The molecule has 0 radical (unpaired) electrons. The number of carbonyl (C=O) groups excluding carboxylic acids is 2. The second-order valence-corrected chi connectivity index (χ2v) is 9.88. The van der Waals surface area contributed by atoms with Gasteiger partial charge in [-0.3, -0.25) is 9.59 Å². The van der Waals surface area contributed by atoms with Crippen LogP contribution in [0.4, 0.5) is 8.78 Å². The molecule has 1 saturated heterocycles. The fourth-order valence-electron chi connectivity index (χ4n) is 2.86. The highest BCUT2D eigenvalue weighted by Crippen LogP contribution is 2.22. The number of hydrogen-bond donors (Lipinski definition) is 1. The highest BCUT2D eigenvalue weighted by atomic mass is 32.2. The minimum absolute atomic E-state index is 0.00475. The third-order valence-corrected chi connectivity index (χ3v) is 6.55. The Morgan fingerprint density at radius 1 is 1.10 bits per heavy atom. The Morgan fingerprint density at radius 2 is 1.72 bits per heavy atom. The lowest BCUT2D eigenvalue weighted by molar-refractivity contribution is -0.133. The normalized spacial score (nSPS) is 16.0. The number of amides is 2. The van der Waals surface area contributed by atoms with E-state index in [0.717, 1.165) is 16.4 Å². The van der Waals surface area contributed by atoms with Crippen LogP contribution in [0.25, 0.3) is 0 Å². The van der Waals surface area contributed by atoms with E-state index in [4.69, 9.17) is 0 Å². The molecule has 0 bridgehead atoms. The van der Waals surface area contributed by atoms with E-state index in [-0.39, 0.29) is 44.4 Å². The molecule has 1 N–H and O–H groups in total. The molecule has 1 heterocycles. The number of nitrogens with zero attached hydrogens (tertiary/aromatic N) is 2. The summed E-state index contributed by atoms with van der Waals surface area (Å²) in [5.41, 5.74) is -0.493. The van der Waals surface area contributed by atoms with Crippen molar-refractivity contribution in [1.29, 1.82) is 0 Å². The van der Waals surface area contributed by atoms with Gasteiger partial charge in [0.2, 0.25) is 21.8 Å². The molecule has 10 heteroatoms. The van der Waals surface area contributed by atoms with Gasteiger partial charge in [0.25, 0.3) is 0 Å². The number of halogens is 2. The van der Waals surface area contributed by atoms with Crippen LogP contribution in [0.2, 0.25) is 0 Å². The quantitative estimate of drug-likeness (QED) is 0.695. The van der Waals surface area contributed by atoms with E-state index in [2.05, 4.69) is 5.32 Å². The number of hydrogen-bond acceptors (Lipinski definition) is 4. The molecule has 1 aliphatic rings. The minimum atomic E-state index is -4.18. The standard InChI is InChI=1S/C19H27F2N3O4S/c1-19(2,3)18(26)22-8-4-5-17(25)23-9-11-24(12-10-23)29(27,28)16-13-14(20)6-7-15(16)21/h6-7,13H,4-5,8-12H2,1-3H3,(H,22,26). The van der Waals surface area contributed by atoms with Crippen molar-refractivity contribution in [2.45, 2.75) is 38.5 Å².